The second-order valence-electron chi connectivity index (χ2n) is 21.1. The molecule has 0 saturated carbocycles. The van der Waals surface area contributed by atoms with Crippen molar-refractivity contribution in [2.75, 3.05) is 19.6 Å². The van der Waals surface area contributed by atoms with Crippen LogP contribution in [0.5, 0.6) is 0 Å². The van der Waals surface area contributed by atoms with Crippen LogP contribution < -0.4 is 54.4 Å². The highest BCUT2D eigenvalue weighted by Gasteiger charge is 2.44. The number of aliphatic carboxylic acids is 3. The molecule has 0 aromatic carbocycles. The van der Waals surface area contributed by atoms with Gasteiger partial charge in [-0.05, 0) is 102 Å². The Labute approximate surface area is 453 Å². The van der Waals surface area contributed by atoms with Crippen molar-refractivity contribution in [1.82, 2.24) is 47.0 Å². The summed E-state index contributed by atoms with van der Waals surface area (Å²) in [5, 5.41) is 45.9. The van der Waals surface area contributed by atoms with Gasteiger partial charge in [0.05, 0.1) is 6.04 Å². The molecule has 78 heavy (non-hydrogen) atoms. The molecule has 28 nitrogen and oxygen atoms in total. The summed E-state index contributed by atoms with van der Waals surface area (Å²) in [7, 11) is 0. The van der Waals surface area contributed by atoms with Gasteiger partial charge < -0.3 is 79.5 Å². The second-order valence-corrected chi connectivity index (χ2v) is 21.1. The van der Waals surface area contributed by atoms with Crippen LogP contribution in [0.1, 0.15) is 138 Å². The van der Waals surface area contributed by atoms with Gasteiger partial charge in [0.2, 0.25) is 59.1 Å². The lowest BCUT2D eigenvalue weighted by molar-refractivity contribution is -0.145. The SMILES string of the molecule is CC(C)C[C@H](NC(=O)[C@@H]1CCCN1C(=O)[C@@H](NC(=O)[C@@H]1CCCN1C(=O)[C@H](CCC(=O)O)NC(=O)[C@H](C)N)C(C)C)C(=O)N[C@H](C(=O)N[C@@H](CCCCN)C(=O)N[C@@H](CCC(N)=O)C(=O)N[C@@H](CCC(=O)O)C(=O)O)C(C)C. The third kappa shape index (κ3) is 21.8. The van der Waals surface area contributed by atoms with Gasteiger partial charge in [-0.25, -0.2) is 4.79 Å². The lowest BCUT2D eigenvalue weighted by Crippen LogP contribution is -2.61. The zero-order valence-corrected chi connectivity index (χ0v) is 45.8. The molecule has 10 atom stereocenters. The molecular weight excluding hydrogens is 1020 g/mol. The summed E-state index contributed by atoms with van der Waals surface area (Å²) in [6.45, 7) is 12.1. The third-order valence-corrected chi connectivity index (χ3v) is 13.3. The molecule has 0 spiro atoms. The molecule has 28 heteroatoms. The number of nitrogens with one attached hydrogen (secondary N) is 7. The largest absolute Gasteiger partial charge is 0.481 e. The summed E-state index contributed by atoms with van der Waals surface area (Å²) in [4.78, 5) is 173. The Morgan fingerprint density at radius 2 is 0.949 bits per heavy atom. The summed E-state index contributed by atoms with van der Waals surface area (Å²) >= 11 is 0. The van der Waals surface area contributed by atoms with E-state index in [1.54, 1.807) is 41.5 Å². The van der Waals surface area contributed by atoms with E-state index in [1.165, 1.54) is 16.7 Å². The van der Waals surface area contributed by atoms with Crippen molar-refractivity contribution in [1.29, 1.82) is 0 Å². The summed E-state index contributed by atoms with van der Waals surface area (Å²) in [6, 6.07) is -12.8. The van der Waals surface area contributed by atoms with E-state index in [9.17, 15) is 72.5 Å². The third-order valence-electron chi connectivity index (χ3n) is 13.3. The van der Waals surface area contributed by atoms with E-state index in [4.69, 9.17) is 22.3 Å². The molecule has 0 unspecified atom stereocenters. The molecule has 2 saturated heterocycles. The number of carbonyl (C=O) groups excluding carboxylic acids is 10. The average molecular weight is 1110 g/mol. The number of carboxylic acids is 3. The Bertz CT molecular complexity index is 2160. The number of nitrogens with two attached hydrogens (primary N) is 3. The van der Waals surface area contributed by atoms with Crippen molar-refractivity contribution in [3.63, 3.8) is 0 Å². The van der Waals surface area contributed by atoms with Gasteiger partial charge in [-0.2, -0.15) is 0 Å². The van der Waals surface area contributed by atoms with Gasteiger partial charge >= 0.3 is 17.9 Å². The molecule has 0 aliphatic carbocycles. The highest BCUT2D eigenvalue weighted by Crippen LogP contribution is 2.24. The molecule has 16 N–H and O–H groups in total. The quantitative estimate of drug-likeness (QED) is 0.0291. The number of primary amides is 1. The van der Waals surface area contributed by atoms with Crippen LogP contribution in [0.2, 0.25) is 0 Å². The van der Waals surface area contributed by atoms with E-state index >= 15 is 0 Å². The fourth-order valence-corrected chi connectivity index (χ4v) is 8.98. The fraction of sp³-hybridized carbons (Fsp3) is 0.740. The lowest BCUT2D eigenvalue weighted by atomic mass is 9.98. The number of nitrogens with zero attached hydrogens (tertiary/aromatic N) is 2. The van der Waals surface area contributed by atoms with Crippen molar-refractivity contribution >= 4 is 77.0 Å². The number of carboxylic acid groups (broad SMARTS) is 3. The van der Waals surface area contributed by atoms with Gasteiger partial charge in [0.15, 0.2) is 0 Å². The van der Waals surface area contributed by atoms with Crippen molar-refractivity contribution < 1.29 is 77.6 Å². The van der Waals surface area contributed by atoms with Crippen LogP contribution >= 0.6 is 0 Å². The molecule has 2 aliphatic heterocycles. The van der Waals surface area contributed by atoms with E-state index in [0.29, 0.717) is 25.7 Å². The van der Waals surface area contributed by atoms with E-state index < -0.39 is 175 Å². The van der Waals surface area contributed by atoms with E-state index in [2.05, 4.69) is 37.2 Å². The van der Waals surface area contributed by atoms with Crippen LogP contribution in [-0.2, 0) is 62.3 Å². The topological polar surface area (TPSA) is 451 Å². The van der Waals surface area contributed by atoms with Gasteiger partial charge in [-0.1, -0.05) is 41.5 Å². The Balaban J connectivity index is 2.33. The predicted octanol–water partition coefficient (Wildman–Crippen LogP) is -2.72. The summed E-state index contributed by atoms with van der Waals surface area (Å²) in [6.07, 6.45) is -0.685. The van der Waals surface area contributed by atoms with Crippen LogP contribution in [0.15, 0.2) is 0 Å². The zero-order chi connectivity index (χ0) is 59.1. The maximum atomic E-state index is 14.4. The molecule has 2 aliphatic rings. The number of amides is 10. The molecule has 0 radical (unpaired) electrons. The van der Waals surface area contributed by atoms with E-state index in [1.807, 2.05) is 0 Å². The average Bonchev–Trinajstić information content (AvgIpc) is 4.06. The first-order chi connectivity index (χ1) is 36.5. The molecular formula is C50H84N12O16. The van der Waals surface area contributed by atoms with Crippen LogP contribution in [-0.4, -0.2) is 182 Å². The molecule has 2 rings (SSSR count). The molecule has 0 aromatic heterocycles. The monoisotopic (exact) mass is 1110 g/mol. The minimum atomic E-state index is -1.67. The molecule has 440 valence electrons. The molecule has 2 heterocycles. The summed E-state index contributed by atoms with van der Waals surface area (Å²) in [5.74, 6) is -13.2. The van der Waals surface area contributed by atoms with Crippen molar-refractivity contribution in [3.05, 3.63) is 0 Å². The number of carbonyl (C=O) groups is 13. The minimum absolute atomic E-state index is 0.0245. The Hall–Kier alpha value is -6.97. The van der Waals surface area contributed by atoms with Crippen LogP contribution in [0, 0.1) is 17.8 Å². The van der Waals surface area contributed by atoms with Gasteiger partial charge in [-0.15, -0.1) is 0 Å². The number of hydrogen-bond donors (Lipinski definition) is 13. The highest BCUT2D eigenvalue weighted by molar-refractivity contribution is 5.99. The minimum Gasteiger partial charge on any atom is -0.481 e. The lowest BCUT2D eigenvalue weighted by Gasteiger charge is -2.33. The number of likely N-dealkylation sites (tertiary alicyclic amines) is 2. The number of rotatable bonds is 34. The van der Waals surface area contributed by atoms with Crippen LogP contribution in [0.4, 0.5) is 0 Å². The van der Waals surface area contributed by atoms with E-state index in [0.717, 1.165) is 0 Å². The standard InChI is InChI=1S/C50H84N12O16/c1-25(2)24-33(44(71)59-39(26(3)4)47(74)55-29(12-8-9-21-51)42(69)54-30(15-18-36(53)63)43(70)57-32(50(77)78)17-20-38(66)67)58-45(72)34-13-11-23-62(34)49(76)40(27(5)6)60-46(73)35-14-10-22-61(35)48(75)31(16-19-37(64)65)56-41(68)28(7)52/h25-35,39-40H,8-24,51-52H2,1-7H3,(H2,53,63)(H,54,69)(H,55,74)(H,56,68)(H,57,70)(H,58,72)(H,59,71)(H,60,73)(H,64,65)(H,66,67)(H,77,78)/t28-,29-,30-,31-,32-,33-,34-,35-,39-,40-/m0/s1. The van der Waals surface area contributed by atoms with Crippen molar-refractivity contribution in [2.24, 2.45) is 35.0 Å². The molecule has 0 aromatic rings. The van der Waals surface area contributed by atoms with Gasteiger partial charge in [0.1, 0.15) is 54.4 Å². The van der Waals surface area contributed by atoms with Gasteiger partial charge in [0.25, 0.3) is 0 Å². The van der Waals surface area contributed by atoms with Crippen LogP contribution in [0.25, 0.3) is 0 Å². The predicted molar refractivity (Wildman–Crippen MR) is 278 cm³/mol. The second kappa shape index (κ2) is 32.7. The first-order valence-electron chi connectivity index (χ1n) is 26.6. The maximum absolute atomic E-state index is 14.4. The fourth-order valence-electron chi connectivity index (χ4n) is 8.98. The van der Waals surface area contributed by atoms with Crippen LogP contribution in [0.3, 0.4) is 0 Å². The Kier molecular flexibility index (Phi) is 28.1. The first kappa shape index (κ1) is 67.1. The number of hydrogen-bond acceptors (Lipinski definition) is 15. The molecule has 10 amide bonds. The van der Waals surface area contributed by atoms with E-state index in [-0.39, 0.29) is 64.1 Å². The summed E-state index contributed by atoms with van der Waals surface area (Å²) in [5.41, 5.74) is 16.7. The first-order valence-corrected chi connectivity index (χ1v) is 26.6. The van der Waals surface area contributed by atoms with Crippen molar-refractivity contribution in [3.8, 4) is 0 Å². The number of unbranched alkanes of at least 4 members (excludes halogenated alkanes) is 1. The highest BCUT2D eigenvalue weighted by atomic mass is 16.4. The zero-order valence-electron chi connectivity index (χ0n) is 45.8. The van der Waals surface area contributed by atoms with Gasteiger partial charge in [-0.3, -0.25) is 57.5 Å². The molecule has 0 bridgehead atoms. The normalized spacial score (nSPS) is 18.3. The Morgan fingerprint density at radius 3 is 1.42 bits per heavy atom. The summed E-state index contributed by atoms with van der Waals surface area (Å²) < 4.78 is 0. The maximum Gasteiger partial charge on any atom is 0.326 e. The van der Waals surface area contributed by atoms with Gasteiger partial charge in [0, 0.05) is 32.4 Å². The smallest absolute Gasteiger partial charge is 0.326 e. The van der Waals surface area contributed by atoms with Crippen molar-refractivity contribution in [2.45, 2.75) is 199 Å². The molecule has 2 fully saturated rings. The Morgan fingerprint density at radius 1 is 0.500 bits per heavy atom.